The van der Waals surface area contributed by atoms with Crippen LogP contribution in [0.25, 0.3) is 0 Å². The summed E-state index contributed by atoms with van der Waals surface area (Å²) in [5.74, 6) is -1.10. The van der Waals surface area contributed by atoms with Gasteiger partial charge in [-0.3, -0.25) is 4.79 Å². The Morgan fingerprint density at radius 2 is 1.94 bits per heavy atom. The number of nitrogens with zero attached hydrogens (tertiary/aromatic N) is 1. The highest BCUT2D eigenvalue weighted by Gasteiger charge is 2.30. The van der Waals surface area contributed by atoms with Crippen LogP contribution in [0.15, 0.2) is 18.2 Å². The second kappa shape index (κ2) is 6.01. The molecule has 0 radical (unpaired) electrons. The van der Waals surface area contributed by atoms with Crippen molar-refractivity contribution in [3.05, 3.63) is 34.9 Å². The zero-order valence-corrected chi connectivity index (χ0v) is 11.9. The molecule has 1 N–H and O–H groups in total. The first-order chi connectivity index (χ1) is 8.38. The molecule has 2 unspecified atom stereocenters. The van der Waals surface area contributed by atoms with Crippen LogP contribution in [0, 0.1) is 19.8 Å². The van der Waals surface area contributed by atoms with Gasteiger partial charge in [-0.15, -0.1) is 0 Å². The molecule has 100 valence electrons. The molecule has 0 saturated heterocycles. The predicted octanol–water partition coefficient (Wildman–Crippen LogP) is 3.02. The summed E-state index contributed by atoms with van der Waals surface area (Å²) >= 11 is 0. The highest BCUT2D eigenvalue weighted by molar-refractivity contribution is 5.71. The Morgan fingerprint density at radius 3 is 2.39 bits per heavy atom. The smallest absolute Gasteiger partial charge is 0.308 e. The number of rotatable bonds is 5. The molecule has 2 atom stereocenters. The fourth-order valence-electron chi connectivity index (χ4n) is 2.47. The molecular weight excluding hydrogens is 226 g/mol. The number of carboxylic acids is 1. The molecular formula is C15H23NO2. The van der Waals surface area contributed by atoms with Crippen LogP contribution in [0.5, 0.6) is 0 Å². The van der Waals surface area contributed by atoms with Crippen LogP contribution in [0.2, 0.25) is 0 Å². The van der Waals surface area contributed by atoms with Crippen LogP contribution in [0.4, 0.5) is 0 Å². The minimum atomic E-state index is -0.725. The van der Waals surface area contributed by atoms with Gasteiger partial charge in [0.05, 0.1) is 5.92 Å². The largest absolute Gasteiger partial charge is 0.481 e. The van der Waals surface area contributed by atoms with E-state index in [1.165, 1.54) is 5.56 Å². The summed E-state index contributed by atoms with van der Waals surface area (Å²) in [7, 11) is 3.88. The van der Waals surface area contributed by atoms with Gasteiger partial charge in [0.25, 0.3) is 0 Å². The summed E-state index contributed by atoms with van der Waals surface area (Å²) < 4.78 is 0. The molecule has 0 heterocycles. The number of carbonyl (C=O) groups is 1. The van der Waals surface area contributed by atoms with E-state index in [0.717, 1.165) is 11.1 Å². The molecule has 0 aliphatic rings. The predicted molar refractivity (Wildman–Crippen MR) is 73.8 cm³/mol. The van der Waals surface area contributed by atoms with Crippen LogP contribution in [-0.2, 0) is 4.79 Å². The Hall–Kier alpha value is -1.35. The molecule has 0 aromatic heterocycles. The third-order valence-corrected chi connectivity index (χ3v) is 3.45. The summed E-state index contributed by atoms with van der Waals surface area (Å²) in [5, 5.41) is 9.39. The maximum atomic E-state index is 11.4. The minimum absolute atomic E-state index is 0.0765. The summed E-state index contributed by atoms with van der Waals surface area (Å²) in [5.41, 5.74) is 3.44. The van der Waals surface area contributed by atoms with Crippen LogP contribution in [0.3, 0.4) is 0 Å². The molecule has 1 aromatic carbocycles. The molecule has 1 aromatic rings. The Balaban J connectivity index is 3.27. The number of benzene rings is 1. The zero-order chi connectivity index (χ0) is 13.9. The molecule has 0 bridgehead atoms. The van der Waals surface area contributed by atoms with Gasteiger partial charge in [-0.2, -0.15) is 0 Å². The van der Waals surface area contributed by atoms with Crippen molar-refractivity contribution in [3.63, 3.8) is 0 Å². The highest BCUT2D eigenvalue weighted by atomic mass is 16.4. The van der Waals surface area contributed by atoms with Crippen LogP contribution in [-0.4, -0.2) is 30.1 Å². The zero-order valence-electron chi connectivity index (χ0n) is 11.9. The van der Waals surface area contributed by atoms with E-state index >= 15 is 0 Å². The van der Waals surface area contributed by atoms with Crippen molar-refractivity contribution in [2.24, 2.45) is 5.92 Å². The quantitative estimate of drug-likeness (QED) is 0.872. The van der Waals surface area contributed by atoms with E-state index in [1.807, 2.05) is 39.8 Å². The molecule has 0 fully saturated rings. The first kappa shape index (κ1) is 14.7. The molecule has 0 saturated carbocycles. The van der Waals surface area contributed by atoms with Crippen molar-refractivity contribution in [1.82, 2.24) is 4.90 Å². The fraction of sp³-hybridized carbons (Fsp3) is 0.533. The van der Waals surface area contributed by atoms with Crippen molar-refractivity contribution in [2.75, 3.05) is 14.1 Å². The van der Waals surface area contributed by atoms with Gasteiger partial charge >= 0.3 is 5.97 Å². The molecule has 1 rings (SSSR count). The monoisotopic (exact) mass is 249 g/mol. The van der Waals surface area contributed by atoms with Gasteiger partial charge in [-0.1, -0.05) is 30.7 Å². The van der Waals surface area contributed by atoms with E-state index in [0.29, 0.717) is 6.42 Å². The topological polar surface area (TPSA) is 40.5 Å². The number of aryl methyl sites for hydroxylation is 2. The first-order valence-electron chi connectivity index (χ1n) is 6.34. The van der Waals surface area contributed by atoms with Crippen molar-refractivity contribution < 1.29 is 9.90 Å². The Bertz CT molecular complexity index is 427. The third kappa shape index (κ3) is 3.10. The molecule has 3 nitrogen and oxygen atoms in total. The second-order valence-corrected chi connectivity index (χ2v) is 5.12. The van der Waals surface area contributed by atoms with E-state index < -0.39 is 5.97 Å². The maximum Gasteiger partial charge on any atom is 0.308 e. The number of hydrogen-bond donors (Lipinski definition) is 1. The fourth-order valence-corrected chi connectivity index (χ4v) is 2.47. The van der Waals surface area contributed by atoms with E-state index in [4.69, 9.17) is 0 Å². The van der Waals surface area contributed by atoms with Crippen LogP contribution >= 0.6 is 0 Å². The van der Waals surface area contributed by atoms with Gasteiger partial charge in [0, 0.05) is 6.04 Å². The number of carboxylic acid groups (broad SMARTS) is 1. The minimum Gasteiger partial charge on any atom is -0.481 e. The molecule has 18 heavy (non-hydrogen) atoms. The van der Waals surface area contributed by atoms with Crippen LogP contribution < -0.4 is 0 Å². The molecule has 0 amide bonds. The van der Waals surface area contributed by atoms with E-state index in [-0.39, 0.29) is 12.0 Å². The summed E-state index contributed by atoms with van der Waals surface area (Å²) in [6.45, 7) is 6.01. The second-order valence-electron chi connectivity index (χ2n) is 5.12. The van der Waals surface area contributed by atoms with Gasteiger partial charge in [0.1, 0.15) is 0 Å². The van der Waals surface area contributed by atoms with Gasteiger partial charge < -0.3 is 10.0 Å². The summed E-state index contributed by atoms with van der Waals surface area (Å²) in [6, 6.07) is 6.15. The lowest BCUT2D eigenvalue weighted by molar-refractivity contribution is -0.144. The lowest BCUT2D eigenvalue weighted by Crippen LogP contribution is -2.32. The van der Waals surface area contributed by atoms with Crippen molar-refractivity contribution in [1.29, 1.82) is 0 Å². The SMILES string of the molecule is CCC(C(=O)O)C(c1cc(C)ccc1C)N(C)C. The van der Waals surface area contributed by atoms with E-state index in [9.17, 15) is 9.90 Å². The molecule has 0 aliphatic heterocycles. The molecule has 0 spiro atoms. The number of aliphatic carboxylic acids is 1. The summed E-state index contributed by atoms with van der Waals surface area (Å²) in [6.07, 6.45) is 0.631. The maximum absolute atomic E-state index is 11.4. The van der Waals surface area contributed by atoms with Crippen molar-refractivity contribution in [2.45, 2.75) is 33.2 Å². The van der Waals surface area contributed by atoms with Crippen molar-refractivity contribution >= 4 is 5.97 Å². The standard InChI is InChI=1S/C15H23NO2/c1-6-12(15(17)18)14(16(4)5)13-9-10(2)7-8-11(13)3/h7-9,12,14H,6H2,1-5H3,(H,17,18). The van der Waals surface area contributed by atoms with E-state index in [2.05, 4.69) is 18.2 Å². The Labute approximate surface area is 109 Å². The van der Waals surface area contributed by atoms with Gasteiger partial charge in [0.15, 0.2) is 0 Å². The van der Waals surface area contributed by atoms with Crippen LogP contribution in [0.1, 0.15) is 36.1 Å². The average molecular weight is 249 g/mol. The van der Waals surface area contributed by atoms with Gasteiger partial charge in [-0.05, 0) is 45.5 Å². The summed E-state index contributed by atoms with van der Waals surface area (Å²) in [4.78, 5) is 13.4. The molecule has 0 aliphatic carbocycles. The normalized spacial score (nSPS) is 14.6. The first-order valence-corrected chi connectivity index (χ1v) is 6.34. The lowest BCUT2D eigenvalue weighted by Gasteiger charge is -2.31. The lowest BCUT2D eigenvalue weighted by atomic mass is 9.87. The Morgan fingerprint density at radius 1 is 1.33 bits per heavy atom. The van der Waals surface area contributed by atoms with Gasteiger partial charge in [0.2, 0.25) is 0 Å². The molecule has 3 heteroatoms. The van der Waals surface area contributed by atoms with Gasteiger partial charge in [-0.25, -0.2) is 0 Å². The van der Waals surface area contributed by atoms with Crippen molar-refractivity contribution in [3.8, 4) is 0 Å². The highest BCUT2D eigenvalue weighted by Crippen LogP contribution is 2.32. The third-order valence-electron chi connectivity index (χ3n) is 3.45. The van der Waals surface area contributed by atoms with E-state index in [1.54, 1.807) is 0 Å². The average Bonchev–Trinajstić information content (AvgIpc) is 2.28. The Kier molecular flexibility index (Phi) is 4.91. The number of hydrogen-bond acceptors (Lipinski definition) is 2.